The van der Waals surface area contributed by atoms with E-state index in [1.54, 1.807) is 0 Å². The van der Waals surface area contributed by atoms with Gasteiger partial charge in [-0.25, -0.2) is 4.79 Å². The molecule has 1 aliphatic heterocycles. The number of rotatable bonds is 7. The number of ether oxygens (including phenoxy) is 2. The smallest absolute Gasteiger partial charge is 0.387 e. The van der Waals surface area contributed by atoms with Crippen LogP contribution in [0.4, 0.5) is 14.5 Å². The largest absolute Gasteiger partial charge is 0.452 e. The molecule has 1 saturated carbocycles. The van der Waals surface area contributed by atoms with Gasteiger partial charge in [0, 0.05) is 6.04 Å². The van der Waals surface area contributed by atoms with Crippen molar-refractivity contribution in [3.8, 4) is 5.75 Å². The van der Waals surface area contributed by atoms with E-state index in [0.717, 1.165) is 32.1 Å². The minimum Gasteiger partial charge on any atom is -0.452 e. The Kier molecular flexibility index (Phi) is 6.85. The van der Waals surface area contributed by atoms with Gasteiger partial charge in [0.05, 0.1) is 22.4 Å². The molecule has 34 heavy (non-hydrogen) atoms. The predicted octanol–water partition coefficient (Wildman–Crippen LogP) is 4.01. The van der Waals surface area contributed by atoms with E-state index in [2.05, 4.69) is 10.1 Å². The van der Waals surface area contributed by atoms with Crippen LogP contribution < -0.4 is 10.1 Å². The molecule has 0 saturated heterocycles. The van der Waals surface area contributed by atoms with Crippen molar-refractivity contribution in [2.24, 2.45) is 0 Å². The molecule has 0 spiro atoms. The van der Waals surface area contributed by atoms with Crippen LogP contribution in [0, 0.1) is 0 Å². The number of alkyl halides is 2. The third-order valence-corrected chi connectivity index (χ3v) is 5.81. The van der Waals surface area contributed by atoms with Gasteiger partial charge in [-0.1, -0.05) is 31.4 Å². The van der Waals surface area contributed by atoms with E-state index in [-0.39, 0.29) is 40.1 Å². The van der Waals surface area contributed by atoms with E-state index in [4.69, 9.17) is 4.74 Å². The van der Waals surface area contributed by atoms with E-state index in [1.807, 2.05) is 0 Å². The van der Waals surface area contributed by atoms with Gasteiger partial charge in [0.2, 0.25) is 0 Å². The molecule has 1 N–H and O–H groups in total. The second-order valence-corrected chi connectivity index (χ2v) is 8.03. The summed E-state index contributed by atoms with van der Waals surface area (Å²) in [5.41, 5.74) is 0.376. The molecule has 178 valence electrons. The third kappa shape index (κ3) is 4.90. The first-order valence-electron chi connectivity index (χ1n) is 10.9. The second kappa shape index (κ2) is 9.98. The molecule has 2 aromatic rings. The summed E-state index contributed by atoms with van der Waals surface area (Å²) in [4.78, 5) is 51.5. The van der Waals surface area contributed by atoms with Crippen molar-refractivity contribution in [2.45, 2.75) is 44.8 Å². The molecule has 1 heterocycles. The quantitative estimate of drug-likeness (QED) is 0.483. The molecule has 1 fully saturated rings. The molecule has 3 amide bonds. The lowest BCUT2D eigenvalue weighted by Crippen LogP contribution is -2.40. The third-order valence-electron chi connectivity index (χ3n) is 5.81. The summed E-state index contributed by atoms with van der Waals surface area (Å²) in [6, 6.07) is 9.52. The summed E-state index contributed by atoms with van der Waals surface area (Å²) < 4.78 is 34.3. The van der Waals surface area contributed by atoms with Crippen LogP contribution in [0.1, 0.15) is 63.2 Å². The maximum absolute atomic E-state index is 12.9. The van der Waals surface area contributed by atoms with Crippen molar-refractivity contribution in [3.63, 3.8) is 0 Å². The Balaban J connectivity index is 1.39. The highest BCUT2D eigenvalue weighted by atomic mass is 19.3. The van der Waals surface area contributed by atoms with E-state index in [0.29, 0.717) is 0 Å². The fraction of sp³-hybridized carbons (Fsp3) is 0.333. The van der Waals surface area contributed by atoms with Crippen molar-refractivity contribution in [1.82, 2.24) is 4.90 Å². The summed E-state index contributed by atoms with van der Waals surface area (Å²) >= 11 is 0. The van der Waals surface area contributed by atoms with Crippen molar-refractivity contribution >= 4 is 29.4 Å². The van der Waals surface area contributed by atoms with Gasteiger partial charge in [0.1, 0.15) is 5.75 Å². The number of hydrogen-bond donors (Lipinski definition) is 1. The standard InChI is InChI=1S/C24H22F2N2O6/c25-24(26)34-19-9-5-4-8-18(19)27-20(29)13-33-23(32)14-10-11-16-17(12-14)22(31)28(21(16)30)15-6-2-1-3-7-15/h4-5,8-12,15,24H,1-3,6-7,13H2,(H,27,29). The van der Waals surface area contributed by atoms with E-state index >= 15 is 0 Å². The van der Waals surface area contributed by atoms with Crippen LogP contribution in [0.15, 0.2) is 42.5 Å². The first-order valence-corrected chi connectivity index (χ1v) is 10.9. The Hall–Kier alpha value is -3.82. The lowest BCUT2D eigenvalue weighted by atomic mass is 9.94. The molecule has 4 rings (SSSR count). The first-order chi connectivity index (χ1) is 16.3. The molecule has 0 aromatic heterocycles. The minimum atomic E-state index is -3.07. The topological polar surface area (TPSA) is 102 Å². The summed E-state index contributed by atoms with van der Waals surface area (Å²) in [6.45, 7) is -3.76. The van der Waals surface area contributed by atoms with Gasteiger partial charge in [-0.05, 0) is 43.2 Å². The zero-order valence-electron chi connectivity index (χ0n) is 18.1. The molecule has 2 aromatic carbocycles. The van der Waals surface area contributed by atoms with E-state index in [9.17, 15) is 28.0 Å². The summed E-state index contributed by atoms with van der Waals surface area (Å²) in [5.74, 6) is -2.67. The Labute approximate surface area is 193 Å². The number of benzene rings is 2. The Bertz CT molecular complexity index is 1130. The number of nitrogens with one attached hydrogen (secondary N) is 1. The van der Waals surface area contributed by atoms with E-state index in [1.165, 1.54) is 47.4 Å². The highest BCUT2D eigenvalue weighted by Crippen LogP contribution is 2.31. The number of halogens is 2. The fourth-order valence-electron chi connectivity index (χ4n) is 4.23. The maximum atomic E-state index is 12.9. The molecule has 2 aliphatic rings. The number of para-hydroxylation sites is 2. The maximum Gasteiger partial charge on any atom is 0.387 e. The van der Waals surface area contributed by atoms with Crippen LogP contribution >= 0.6 is 0 Å². The average Bonchev–Trinajstić information content (AvgIpc) is 3.08. The summed E-state index contributed by atoms with van der Waals surface area (Å²) in [6.07, 6.45) is 4.52. The number of anilines is 1. The molecule has 8 nitrogen and oxygen atoms in total. The minimum absolute atomic E-state index is 0.00621. The Morgan fingerprint density at radius 3 is 2.44 bits per heavy atom. The number of carbonyl (C=O) groups is 4. The van der Waals surface area contributed by atoms with E-state index < -0.39 is 31.0 Å². The number of esters is 1. The highest BCUT2D eigenvalue weighted by Gasteiger charge is 2.40. The monoisotopic (exact) mass is 472 g/mol. The normalized spacial score (nSPS) is 15.9. The zero-order valence-corrected chi connectivity index (χ0v) is 18.1. The molecule has 10 heteroatoms. The molecule has 1 aliphatic carbocycles. The van der Waals surface area contributed by atoms with Gasteiger partial charge < -0.3 is 14.8 Å². The molecular formula is C24H22F2N2O6. The summed E-state index contributed by atoms with van der Waals surface area (Å²) in [5, 5.41) is 2.34. The zero-order chi connectivity index (χ0) is 24.2. The number of fused-ring (bicyclic) bond motifs is 1. The highest BCUT2D eigenvalue weighted by molar-refractivity contribution is 6.22. The second-order valence-electron chi connectivity index (χ2n) is 8.03. The molecule has 0 atom stereocenters. The first kappa shape index (κ1) is 23.3. The van der Waals surface area contributed by atoms with Crippen LogP contribution in [0.2, 0.25) is 0 Å². The van der Waals surface area contributed by atoms with Crippen LogP contribution in [-0.2, 0) is 9.53 Å². The van der Waals surface area contributed by atoms with Gasteiger partial charge in [-0.15, -0.1) is 0 Å². The van der Waals surface area contributed by atoms with Crippen LogP contribution in [-0.4, -0.2) is 47.9 Å². The van der Waals surface area contributed by atoms with Gasteiger partial charge in [-0.2, -0.15) is 8.78 Å². The number of nitrogens with zero attached hydrogens (tertiary/aromatic N) is 1. The Morgan fingerprint density at radius 2 is 1.71 bits per heavy atom. The number of carbonyl (C=O) groups excluding carboxylic acids is 4. The average molecular weight is 472 g/mol. The number of hydrogen-bond acceptors (Lipinski definition) is 6. The van der Waals surface area contributed by atoms with Crippen molar-refractivity contribution in [2.75, 3.05) is 11.9 Å². The fourth-order valence-corrected chi connectivity index (χ4v) is 4.23. The molecule has 0 unspecified atom stereocenters. The van der Waals surface area contributed by atoms with Crippen LogP contribution in [0.25, 0.3) is 0 Å². The Morgan fingerprint density at radius 1 is 1.00 bits per heavy atom. The number of amides is 3. The van der Waals surface area contributed by atoms with Crippen molar-refractivity contribution in [3.05, 3.63) is 59.2 Å². The van der Waals surface area contributed by atoms with Gasteiger partial charge in [0.25, 0.3) is 17.7 Å². The van der Waals surface area contributed by atoms with Gasteiger partial charge in [0.15, 0.2) is 6.61 Å². The SMILES string of the molecule is O=C(COC(=O)c1ccc2c(c1)C(=O)N(C1CCCCC1)C2=O)Nc1ccccc1OC(F)F. The van der Waals surface area contributed by atoms with Crippen molar-refractivity contribution < 1.29 is 37.4 Å². The van der Waals surface area contributed by atoms with Gasteiger partial charge >= 0.3 is 12.6 Å². The number of imide groups is 1. The van der Waals surface area contributed by atoms with Crippen LogP contribution in [0.5, 0.6) is 5.75 Å². The lowest BCUT2D eigenvalue weighted by Gasteiger charge is -2.29. The van der Waals surface area contributed by atoms with Crippen molar-refractivity contribution in [1.29, 1.82) is 0 Å². The predicted molar refractivity (Wildman–Crippen MR) is 116 cm³/mol. The molecule has 0 bridgehead atoms. The molecule has 0 radical (unpaired) electrons. The van der Waals surface area contributed by atoms with Crippen LogP contribution in [0.3, 0.4) is 0 Å². The van der Waals surface area contributed by atoms with Gasteiger partial charge in [-0.3, -0.25) is 19.3 Å². The molecular weight excluding hydrogens is 450 g/mol. The summed E-state index contributed by atoms with van der Waals surface area (Å²) in [7, 11) is 0. The lowest BCUT2D eigenvalue weighted by molar-refractivity contribution is -0.119.